The fourth-order valence-corrected chi connectivity index (χ4v) is 1.50. The van der Waals surface area contributed by atoms with Gasteiger partial charge in [0.1, 0.15) is 12.4 Å². The Kier molecular flexibility index (Phi) is 4.93. The second-order valence-corrected chi connectivity index (χ2v) is 6.34. The predicted octanol–water partition coefficient (Wildman–Crippen LogP) is 2.27. The van der Waals surface area contributed by atoms with Crippen LogP contribution in [0.1, 0.15) is 41.0 Å². The molecule has 0 amide bonds. The van der Waals surface area contributed by atoms with Crippen molar-refractivity contribution in [2.75, 3.05) is 6.61 Å². The zero-order chi connectivity index (χ0) is 13.8. The summed E-state index contributed by atoms with van der Waals surface area (Å²) < 4.78 is 15.7. The zero-order valence-electron chi connectivity index (χ0n) is 12.6. The molecule has 0 aliphatic carbocycles. The van der Waals surface area contributed by atoms with Crippen LogP contribution in [0.3, 0.4) is 0 Å². The summed E-state index contributed by atoms with van der Waals surface area (Å²) in [6.45, 7) is 11.7. The summed E-state index contributed by atoms with van der Waals surface area (Å²) in [5.74, 6) is 0. The minimum Gasteiger partial charge on any atom is -0.376 e. The van der Waals surface area contributed by atoms with E-state index in [2.05, 4.69) is 34.6 Å². The van der Waals surface area contributed by atoms with Gasteiger partial charge in [0.15, 0.2) is 6.73 Å². The summed E-state index contributed by atoms with van der Waals surface area (Å²) in [6.07, 6.45) is 6.89. The highest BCUT2D eigenvalue weighted by atomic mass is 16.5. The molecule has 0 aromatic carbocycles. The van der Waals surface area contributed by atoms with Gasteiger partial charge in [-0.2, -0.15) is 0 Å². The fourth-order valence-electron chi connectivity index (χ4n) is 1.50. The van der Waals surface area contributed by atoms with Gasteiger partial charge in [0.25, 0.3) is 0 Å². The van der Waals surface area contributed by atoms with Gasteiger partial charge in [-0.1, -0.05) is 0 Å². The highest BCUT2D eigenvalue weighted by molar-refractivity contribution is 4.69. The first kappa shape index (κ1) is 15.2. The molecule has 0 saturated heterocycles. The summed E-state index contributed by atoms with van der Waals surface area (Å²) in [5.41, 5.74) is -0.252. The van der Waals surface area contributed by atoms with Crippen molar-refractivity contribution in [2.24, 2.45) is 7.05 Å². The molecule has 0 N–H and O–H groups in total. The van der Waals surface area contributed by atoms with Gasteiger partial charge in [0, 0.05) is 6.61 Å². The lowest BCUT2D eigenvalue weighted by atomic mass is 10.1. The lowest BCUT2D eigenvalue weighted by molar-refractivity contribution is -0.736. The van der Waals surface area contributed by atoms with Crippen LogP contribution < -0.4 is 4.57 Å². The minimum atomic E-state index is -0.173. The van der Waals surface area contributed by atoms with Gasteiger partial charge in [-0.15, -0.1) is 0 Å². The molecule has 0 radical (unpaired) electrons. The average Bonchev–Trinajstić information content (AvgIpc) is 2.59. The number of rotatable bonds is 6. The number of hydrogen-bond acceptors (Lipinski definition) is 2. The SMILES string of the molecule is Cn1cc[n+](COC(C)(C)CCOC(C)(C)C)c1. The first-order valence-electron chi connectivity index (χ1n) is 6.47. The molecule has 18 heavy (non-hydrogen) atoms. The summed E-state index contributed by atoms with van der Waals surface area (Å²) in [7, 11) is 2.00. The van der Waals surface area contributed by atoms with E-state index in [-0.39, 0.29) is 11.2 Å². The molecule has 0 aliphatic rings. The van der Waals surface area contributed by atoms with Crippen LogP contribution in [0.4, 0.5) is 0 Å². The molecule has 0 atom stereocenters. The molecule has 104 valence electrons. The van der Waals surface area contributed by atoms with Crippen LogP contribution in [0.25, 0.3) is 0 Å². The predicted molar refractivity (Wildman–Crippen MR) is 71.1 cm³/mol. The van der Waals surface area contributed by atoms with Crippen molar-refractivity contribution in [3.63, 3.8) is 0 Å². The van der Waals surface area contributed by atoms with Crippen molar-refractivity contribution in [1.29, 1.82) is 0 Å². The maximum atomic E-state index is 5.91. The normalized spacial score (nSPS) is 13.0. The maximum absolute atomic E-state index is 5.91. The third-order valence-electron chi connectivity index (χ3n) is 2.67. The Labute approximate surface area is 111 Å². The number of aromatic nitrogens is 2. The van der Waals surface area contributed by atoms with Gasteiger partial charge in [-0.05, 0) is 41.0 Å². The minimum absolute atomic E-state index is 0.0791. The lowest BCUT2D eigenvalue weighted by Gasteiger charge is -2.27. The Morgan fingerprint density at radius 1 is 1.11 bits per heavy atom. The Morgan fingerprint density at radius 3 is 2.28 bits per heavy atom. The van der Waals surface area contributed by atoms with Crippen molar-refractivity contribution in [3.05, 3.63) is 18.7 Å². The zero-order valence-corrected chi connectivity index (χ0v) is 12.6. The molecular weight excluding hydrogens is 228 g/mol. The quantitative estimate of drug-likeness (QED) is 0.729. The van der Waals surface area contributed by atoms with Gasteiger partial charge >= 0.3 is 0 Å². The summed E-state index contributed by atoms with van der Waals surface area (Å²) >= 11 is 0. The molecule has 1 rings (SSSR count). The van der Waals surface area contributed by atoms with E-state index in [1.54, 1.807) is 0 Å². The molecule has 4 nitrogen and oxygen atoms in total. The summed E-state index contributed by atoms with van der Waals surface area (Å²) in [4.78, 5) is 0. The van der Waals surface area contributed by atoms with Crippen LogP contribution in [-0.4, -0.2) is 22.4 Å². The van der Waals surface area contributed by atoms with Crippen LogP contribution in [0, 0.1) is 0 Å². The van der Waals surface area contributed by atoms with Gasteiger partial charge in [0.2, 0.25) is 6.33 Å². The standard InChI is InChI=1S/C14H27N2O2/c1-13(2,3)17-10-7-14(4,5)18-12-16-9-8-15(6)11-16/h8-9,11H,7,10,12H2,1-6H3/q+1. The number of imidazole rings is 1. The third kappa shape index (κ3) is 6.17. The first-order chi connectivity index (χ1) is 8.18. The van der Waals surface area contributed by atoms with Crippen LogP contribution >= 0.6 is 0 Å². The van der Waals surface area contributed by atoms with Crippen molar-refractivity contribution in [3.8, 4) is 0 Å². The molecule has 0 fully saturated rings. The van der Waals surface area contributed by atoms with E-state index in [4.69, 9.17) is 9.47 Å². The van der Waals surface area contributed by atoms with Crippen molar-refractivity contribution >= 4 is 0 Å². The van der Waals surface area contributed by atoms with Gasteiger partial charge in [-0.25, -0.2) is 9.13 Å². The Morgan fingerprint density at radius 2 is 1.78 bits per heavy atom. The van der Waals surface area contributed by atoms with E-state index in [1.807, 2.05) is 34.9 Å². The average molecular weight is 255 g/mol. The highest BCUT2D eigenvalue weighted by Crippen LogP contribution is 2.16. The van der Waals surface area contributed by atoms with E-state index in [1.165, 1.54) is 0 Å². The summed E-state index contributed by atoms with van der Waals surface area (Å²) in [5, 5.41) is 0. The van der Waals surface area contributed by atoms with Gasteiger partial charge in [-0.3, -0.25) is 0 Å². The molecule has 0 aliphatic heterocycles. The topological polar surface area (TPSA) is 27.3 Å². The Hall–Kier alpha value is -0.870. The van der Waals surface area contributed by atoms with E-state index >= 15 is 0 Å². The van der Waals surface area contributed by atoms with Crippen LogP contribution in [0.5, 0.6) is 0 Å². The van der Waals surface area contributed by atoms with E-state index < -0.39 is 0 Å². The van der Waals surface area contributed by atoms with Crippen LogP contribution in [0.2, 0.25) is 0 Å². The van der Waals surface area contributed by atoms with E-state index in [9.17, 15) is 0 Å². The van der Waals surface area contributed by atoms with E-state index in [0.717, 1.165) is 13.0 Å². The number of ether oxygens (including phenoxy) is 2. The van der Waals surface area contributed by atoms with Crippen LogP contribution in [-0.2, 0) is 23.3 Å². The number of hydrogen-bond donors (Lipinski definition) is 0. The molecule has 4 heteroatoms. The number of aryl methyl sites for hydroxylation is 1. The van der Waals surface area contributed by atoms with Crippen LogP contribution in [0.15, 0.2) is 18.7 Å². The highest BCUT2D eigenvalue weighted by Gasteiger charge is 2.21. The Bertz CT molecular complexity index is 364. The molecule has 0 saturated carbocycles. The lowest BCUT2D eigenvalue weighted by Crippen LogP contribution is -2.39. The largest absolute Gasteiger partial charge is 0.376 e. The molecule has 1 aromatic heterocycles. The monoisotopic (exact) mass is 255 g/mol. The van der Waals surface area contributed by atoms with Gasteiger partial charge in [0.05, 0.1) is 18.2 Å². The van der Waals surface area contributed by atoms with Gasteiger partial charge < -0.3 is 9.47 Å². The first-order valence-corrected chi connectivity index (χ1v) is 6.47. The van der Waals surface area contributed by atoms with Crippen molar-refractivity contribution < 1.29 is 14.0 Å². The fraction of sp³-hybridized carbons (Fsp3) is 0.786. The second-order valence-electron chi connectivity index (χ2n) is 6.34. The second kappa shape index (κ2) is 5.85. The Balaban J connectivity index is 2.31. The third-order valence-corrected chi connectivity index (χ3v) is 2.67. The van der Waals surface area contributed by atoms with Crippen molar-refractivity contribution in [1.82, 2.24) is 4.57 Å². The molecule has 0 spiro atoms. The molecule has 1 aromatic rings. The smallest absolute Gasteiger partial charge is 0.245 e. The molecule has 0 bridgehead atoms. The number of nitrogens with zero attached hydrogens (tertiary/aromatic N) is 2. The molecular formula is C14H27N2O2+. The summed E-state index contributed by atoms with van der Waals surface area (Å²) in [6, 6.07) is 0. The maximum Gasteiger partial charge on any atom is 0.245 e. The van der Waals surface area contributed by atoms with E-state index in [0.29, 0.717) is 6.73 Å². The van der Waals surface area contributed by atoms with Crippen molar-refractivity contribution in [2.45, 2.75) is 59.0 Å². The molecule has 1 heterocycles. The molecule has 0 unspecified atom stereocenters.